The second-order valence-corrected chi connectivity index (χ2v) is 3.80. The van der Waals surface area contributed by atoms with Crippen LogP contribution in [0.3, 0.4) is 0 Å². The van der Waals surface area contributed by atoms with Gasteiger partial charge in [-0.25, -0.2) is 0 Å². The molecule has 3 nitrogen and oxygen atoms in total. The van der Waals surface area contributed by atoms with E-state index in [1.54, 1.807) is 0 Å². The third-order valence-corrected chi connectivity index (χ3v) is 2.48. The second kappa shape index (κ2) is 4.33. The number of nitrogens with zero attached hydrogens (tertiary/aromatic N) is 1. The maximum Gasteiger partial charge on any atom is 0.0412 e. The number of rotatable bonds is 3. The number of nitrogen functional groups attached to an aromatic ring is 1. The smallest absolute Gasteiger partial charge is 0.0412 e. The first kappa shape index (κ1) is 10.9. The minimum atomic E-state index is 0.462. The predicted octanol–water partition coefficient (Wildman–Crippen LogP) is 1.57. The Morgan fingerprint density at radius 2 is 2.00 bits per heavy atom. The number of anilines is 2. The number of hydrogen-bond acceptors (Lipinski definition) is 3. The van der Waals surface area contributed by atoms with Crippen molar-refractivity contribution < 1.29 is 0 Å². The molecule has 78 valence electrons. The molecule has 1 rings (SSSR count). The SMILES string of the molecule is CC(C)N(C)c1ccc(N)cc1CN. The van der Waals surface area contributed by atoms with Gasteiger partial charge < -0.3 is 16.4 Å². The van der Waals surface area contributed by atoms with Crippen molar-refractivity contribution in [3.05, 3.63) is 23.8 Å². The predicted molar refractivity (Wildman–Crippen MR) is 62.3 cm³/mol. The van der Waals surface area contributed by atoms with E-state index in [0.29, 0.717) is 12.6 Å². The lowest BCUT2D eigenvalue weighted by Crippen LogP contribution is -2.27. The normalized spacial score (nSPS) is 10.6. The van der Waals surface area contributed by atoms with E-state index in [-0.39, 0.29) is 0 Å². The van der Waals surface area contributed by atoms with Crippen molar-refractivity contribution in [2.45, 2.75) is 26.4 Å². The molecule has 0 heterocycles. The molecule has 0 saturated heterocycles. The van der Waals surface area contributed by atoms with Crippen LogP contribution in [0.2, 0.25) is 0 Å². The lowest BCUT2D eigenvalue weighted by molar-refractivity contribution is 0.749. The summed E-state index contributed by atoms with van der Waals surface area (Å²) in [5.41, 5.74) is 14.4. The molecule has 4 N–H and O–H groups in total. The Balaban J connectivity index is 3.07. The first-order valence-corrected chi connectivity index (χ1v) is 4.87. The molecule has 0 unspecified atom stereocenters. The minimum absolute atomic E-state index is 0.462. The van der Waals surface area contributed by atoms with Crippen molar-refractivity contribution in [1.82, 2.24) is 0 Å². The molecule has 0 aromatic heterocycles. The van der Waals surface area contributed by atoms with Crippen molar-refractivity contribution in [2.24, 2.45) is 5.73 Å². The van der Waals surface area contributed by atoms with E-state index < -0.39 is 0 Å². The van der Waals surface area contributed by atoms with E-state index in [1.165, 1.54) is 0 Å². The highest BCUT2D eigenvalue weighted by molar-refractivity contribution is 5.59. The molecular formula is C11H19N3. The number of nitrogens with two attached hydrogens (primary N) is 2. The third-order valence-electron chi connectivity index (χ3n) is 2.48. The zero-order chi connectivity index (χ0) is 10.7. The van der Waals surface area contributed by atoms with Gasteiger partial charge in [0.05, 0.1) is 0 Å². The first-order valence-electron chi connectivity index (χ1n) is 4.87. The fourth-order valence-corrected chi connectivity index (χ4v) is 1.39. The van der Waals surface area contributed by atoms with E-state index in [2.05, 4.69) is 25.8 Å². The van der Waals surface area contributed by atoms with Crippen LogP contribution in [0.5, 0.6) is 0 Å². The number of hydrogen-bond donors (Lipinski definition) is 2. The van der Waals surface area contributed by atoms with Gasteiger partial charge in [-0.2, -0.15) is 0 Å². The van der Waals surface area contributed by atoms with Crippen LogP contribution < -0.4 is 16.4 Å². The Bertz CT molecular complexity index is 307. The van der Waals surface area contributed by atoms with Gasteiger partial charge in [0.25, 0.3) is 0 Å². The molecule has 0 aliphatic heterocycles. The lowest BCUT2D eigenvalue weighted by atomic mass is 10.1. The van der Waals surface area contributed by atoms with Crippen LogP contribution in [0.25, 0.3) is 0 Å². The highest BCUT2D eigenvalue weighted by atomic mass is 15.1. The van der Waals surface area contributed by atoms with Crippen molar-refractivity contribution in [2.75, 3.05) is 17.7 Å². The third kappa shape index (κ3) is 2.17. The van der Waals surface area contributed by atoms with Crippen LogP contribution in [0, 0.1) is 0 Å². The highest BCUT2D eigenvalue weighted by Crippen LogP contribution is 2.23. The summed E-state index contributed by atoms with van der Waals surface area (Å²) in [4.78, 5) is 2.20. The Labute approximate surface area is 85.7 Å². The molecule has 1 aromatic carbocycles. The summed E-state index contributed by atoms with van der Waals surface area (Å²) in [6, 6.07) is 6.34. The zero-order valence-corrected chi connectivity index (χ0v) is 9.12. The minimum Gasteiger partial charge on any atom is -0.399 e. The van der Waals surface area contributed by atoms with Crippen LogP contribution >= 0.6 is 0 Å². The molecule has 0 saturated carbocycles. The maximum atomic E-state index is 5.71. The second-order valence-electron chi connectivity index (χ2n) is 3.80. The Morgan fingerprint density at radius 3 is 2.50 bits per heavy atom. The van der Waals surface area contributed by atoms with Gasteiger partial charge in [-0.3, -0.25) is 0 Å². The van der Waals surface area contributed by atoms with Crippen molar-refractivity contribution in [3.63, 3.8) is 0 Å². The molecule has 0 aliphatic carbocycles. The van der Waals surface area contributed by atoms with E-state index in [9.17, 15) is 0 Å². The lowest BCUT2D eigenvalue weighted by Gasteiger charge is -2.26. The van der Waals surface area contributed by atoms with E-state index >= 15 is 0 Å². The first-order chi connectivity index (χ1) is 6.56. The zero-order valence-electron chi connectivity index (χ0n) is 9.12. The summed E-state index contributed by atoms with van der Waals surface area (Å²) in [6.07, 6.45) is 0. The monoisotopic (exact) mass is 193 g/mol. The molecule has 14 heavy (non-hydrogen) atoms. The van der Waals surface area contributed by atoms with Gasteiger partial charge in [0.1, 0.15) is 0 Å². The molecule has 0 fully saturated rings. The summed E-state index contributed by atoms with van der Waals surface area (Å²) in [5.74, 6) is 0. The van der Waals surface area contributed by atoms with E-state index in [0.717, 1.165) is 16.9 Å². The molecule has 0 radical (unpaired) electrons. The van der Waals surface area contributed by atoms with Crippen molar-refractivity contribution in [3.8, 4) is 0 Å². The Hall–Kier alpha value is -1.22. The topological polar surface area (TPSA) is 55.3 Å². The molecule has 0 atom stereocenters. The molecular weight excluding hydrogens is 174 g/mol. The highest BCUT2D eigenvalue weighted by Gasteiger charge is 2.09. The van der Waals surface area contributed by atoms with Crippen molar-refractivity contribution >= 4 is 11.4 Å². The molecule has 3 heteroatoms. The largest absolute Gasteiger partial charge is 0.399 e. The summed E-state index contributed by atoms with van der Waals surface area (Å²) < 4.78 is 0. The Kier molecular flexibility index (Phi) is 3.36. The molecule has 0 bridgehead atoms. The quantitative estimate of drug-likeness (QED) is 0.716. The standard InChI is InChI=1S/C11H19N3/c1-8(2)14(3)11-5-4-10(13)6-9(11)7-12/h4-6,8H,7,12-13H2,1-3H3. The fraction of sp³-hybridized carbons (Fsp3) is 0.455. The average molecular weight is 193 g/mol. The number of benzene rings is 1. The summed E-state index contributed by atoms with van der Waals surface area (Å²) >= 11 is 0. The van der Waals surface area contributed by atoms with Gasteiger partial charge in [0, 0.05) is 31.0 Å². The van der Waals surface area contributed by atoms with Crippen LogP contribution in [0.1, 0.15) is 19.4 Å². The van der Waals surface area contributed by atoms with E-state index in [4.69, 9.17) is 11.5 Å². The summed E-state index contributed by atoms with van der Waals surface area (Å²) in [5, 5.41) is 0. The van der Waals surface area contributed by atoms with Gasteiger partial charge in [0.15, 0.2) is 0 Å². The Morgan fingerprint density at radius 1 is 1.36 bits per heavy atom. The summed E-state index contributed by atoms with van der Waals surface area (Å²) in [6.45, 7) is 4.82. The van der Waals surface area contributed by atoms with Crippen molar-refractivity contribution in [1.29, 1.82) is 0 Å². The van der Waals surface area contributed by atoms with Crippen LogP contribution in [-0.4, -0.2) is 13.1 Å². The van der Waals surface area contributed by atoms with Gasteiger partial charge in [0.2, 0.25) is 0 Å². The van der Waals surface area contributed by atoms with Crippen LogP contribution in [0.15, 0.2) is 18.2 Å². The summed E-state index contributed by atoms with van der Waals surface area (Å²) in [7, 11) is 2.06. The van der Waals surface area contributed by atoms with Gasteiger partial charge in [-0.15, -0.1) is 0 Å². The molecule has 0 spiro atoms. The van der Waals surface area contributed by atoms with Crippen LogP contribution in [0.4, 0.5) is 11.4 Å². The van der Waals surface area contributed by atoms with Crippen LogP contribution in [-0.2, 0) is 6.54 Å². The average Bonchev–Trinajstić information content (AvgIpc) is 2.16. The molecule has 1 aromatic rings. The molecule has 0 aliphatic rings. The maximum absolute atomic E-state index is 5.71. The molecule has 0 amide bonds. The van der Waals surface area contributed by atoms with Gasteiger partial charge in [-0.1, -0.05) is 0 Å². The van der Waals surface area contributed by atoms with E-state index in [1.807, 2.05) is 18.2 Å². The van der Waals surface area contributed by atoms with Gasteiger partial charge >= 0.3 is 0 Å². The fourth-order valence-electron chi connectivity index (χ4n) is 1.39. The van der Waals surface area contributed by atoms with Gasteiger partial charge in [-0.05, 0) is 37.6 Å².